The highest BCUT2D eigenvalue weighted by Crippen LogP contribution is 2.40. The van der Waals surface area contributed by atoms with Crippen LogP contribution < -0.4 is 5.73 Å². The van der Waals surface area contributed by atoms with Gasteiger partial charge in [0.05, 0.1) is 0 Å². The molecule has 0 radical (unpaired) electrons. The highest BCUT2D eigenvalue weighted by atomic mass is 15.2. The SMILES string of the molecule is NCCN1CC2(CCN(Cc3cccnc3)CC2)C1. The number of aromatic nitrogens is 1. The van der Waals surface area contributed by atoms with Crippen molar-refractivity contribution in [1.82, 2.24) is 14.8 Å². The first-order valence-corrected chi connectivity index (χ1v) is 7.33. The zero-order chi connectivity index (χ0) is 13.1. The number of piperidine rings is 1. The summed E-state index contributed by atoms with van der Waals surface area (Å²) in [6, 6.07) is 4.20. The molecule has 0 amide bonds. The maximum Gasteiger partial charge on any atom is 0.0312 e. The van der Waals surface area contributed by atoms with E-state index in [1.807, 2.05) is 18.5 Å². The van der Waals surface area contributed by atoms with Crippen LogP contribution in [0.2, 0.25) is 0 Å². The van der Waals surface area contributed by atoms with Crippen LogP contribution in [0.3, 0.4) is 0 Å². The minimum absolute atomic E-state index is 0.612. The van der Waals surface area contributed by atoms with E-state index in [0.29, 0.717) is 5.41 Å². The number of nitrogens with two attached hydrogens (primary N) is 1. The molecule has 4 nitrogen and oxygen atoms in total. The fraction of sp³-hybridized carbons (Fsp3) is 0.667. The molecule has 2 aliphatic rings. The van der Waals surface area contributed by atoms with Crippen LogP contribution in [0, 0.1) is 5.41 Å². The quantitative estimate of drug-likeness (QED) is 0.875. The zero-order valence-electron chi connectivity index (χ0n) is 11.6. The lowest BCUT2D eigenvalue weighted by Gasteiger charge is -2.54. The van der Waals surface area contributed by atoms with Gasteiger partial charge in [-0.15, -0.1) is 0 Å². The van der Waals surface area contributed by atoms with Crippen molar-refractivity contribution < 1.29 is 0 Å². The number of hydrogen-bond donors (Lipinski definition) is 1. The van der Waals surface area contributed by atoms with Crippen LogP contribution in [0.4, 0.5) is 0 Å². The normalized spacial score (nSPS) is 23.4. The fourth-order valence-electron chi connectivity index (χ4n) is 3.49. The molecule has 1 aromatic rings. The summed E-state index contributed by atoms with van der Waals surface area (Å²) in [5, 5.41) is 0. The van der Waals surface area contributed by atoms with Crippen molar-refractivity contribution in [2.75, 3.05) is 39.3 Å². The van der Waals surface area contributed by atoms with E-state index < -0.39 is 0 Å². The molecular weight excluding hydrogens is 236 g/mol. The molecule has 0 unspecified atom stereocenters. The third-order valence-electron chi connectivity index (χ3n) is 4.61. The molecule has 0 atom stereocenters. The average Bonchev–Trinajstić information content (AvgIpc) is 2.41. The first-order valence-electron chi connectivity index (χ1n) is 7.33. The molecule has 1 aromatic heterocycles. The first kappa shape index (κ1) is 13.0. The van der Waals surface area contributed by atoms with Gasteiger partial charge in [-0.05, 0) is 43.0 Å². The van der Waals surface area contributed by atoms with Crippen molar-refractivity contribution >= 4 is 0 Å². The fourth-order valence-corrected chi connectivity index (χ4v) is 3.49. The van der Waals surface area contributed by atoms with Crippen LogP contribution in [0.5, 0.6) is 0 Å². The predicted molar refractivity (Wildman–Crippen MR) is 76.7 cm³/mol. The molecule has 0 aliphatic carbocycles. The summed E-state index contributed by atoms with van der Waals surface area (Å²) in [6.07, 6.45) is 6.51. The molecule has 2 saturated heterocycles. The molecule has 19 heavy (non-hydrogen) atoms. The molecule has 0 bridgehead atoms. The second-order valence-electron chi connectivity index (χ2n) is 6.14. The van der Waals surface area contributed by atoms with Gasteiger partial charge < -0.3 is 10.6 Å². The second-order valence-corrected chi connectivity index (χ2v) is 6.14. The zero-order valence-corrected chi connectivity index (χ0v) is 11.6. The maximum atomic E-state index is 5.61. The number of nitrogens with zero attached hydrogens (tertiary/aromatic N) is 3. The Bertz CT molecular complexity index is 390. The van der Waals surface area contributed by atoms with Crippen LogP contribution in [-0.2, 0) is 6.54 Å². The van der Waals surface area contributed by atoms with E-state index in [0.717, 1.165) is 19.6 Å². The van der Waals surface area contributed by atoms with Crippen LogP contribution in [0.15, 0.2) is 24.5 Å². The lowest BCUT2D eigenvalue weighted by molar-refractivity contribution is -0.0458. The molecule has 104 valence electrons. The summed E-state index contributed by atoms with van der Waals surface area (Å²) in [7, 11) is 0. The second kappa shape index (κ2) is 5.57. The first-order chi connectivity index (χ1) is 9.30. The van der Waals surface area contributed by atoms with Crippen LogP contribution >= 0.6 is 0 Å². The molecule has 2 fully saturated rings. The summed E-state index contributed by atoms with van der Waals surface area (Å²) in [5.41, 5.74) is 7.55. The van der Waals surface area contributed by atoms with Gasteiger partial charge in [-0.1, -0.05) is 6.07 Å². The Morgan fingerprint density at radius 3 is 2.63 bits per heavy atom. The average molecular weight is 260 g/mol. The van der Waals surface area contributed by atoms with Gasteiger partial charge in [0.1, 0.15) is 0 Å². The van der Waals surface area contributed by atoms with Gasteiger partial charge in [0.15, 0.2) is 0 Å². The molecule has 3 heterocycles. The molecule has 4 heteroatoms. The van der Waals surface area contributed by atoms with E-state index in [1.54, 1.807) is 0 Å². The van der Waals surface area contributed by atoms with Gasteiger partial charge in [0.25, 0.3) is 0 Å². The van der Waals surface area contributed by atoms with Gasteiger partial charge in [-0.2, -0.15) is 0 Å². The van der Waals surface area contributed by atoms with Crippen LogP contribution in [0.25, 0.3) is 0 Å². The smallest absolute Gasteiger partial charge is 0.0312 e. The number of likely N-dealkylation sites (tertiary alicyclic amines) is 2. The maximum absolute atomic E-state index is 5.61. The monoisotopic (exact) mass is 260 g/mol. The largest absolute Gasteiger partial charge is 0.329 e. The highest BCUT2D eigenvalue weighted by molar-refractivity contribution is 5.09. The van der Waals surface area contributed by atoms with E-state index >= 15 is 0 Å². The highest BCUT2D eigenvalue weighted by Gasteiger charge is 2.43. The summed E-state index contributed by atoms with van der Waals surface area (Å²) < 4.78 is 0. The predicted octanol–water partition coefficient (Wildman–Crippen LogP) is 0.938. The molecule has 2 N–H and O–H groups in total. The van der Waals surface area contributed by atoms with Gasteiger partial charge in [0.2, 0.25) is 0 Å². The Morgan fingerprint density at radius 2 is 2.00 bits per heavy atom. The lowest BCUT2D eigenvalue weighted by Crippen LogP contribution is -2.60. The molecule has 0 aromatic carbocycles. The van der Waals surface area contributed by atoms with Crippen molar-refractivity contribution in [3.05, 3.63) is 30.1 Å². The van der Waals surface area contributed by atoms with Gasteiger partial charge in [-0.3, -0.25) is 9.88 Å². The minimum Gasteiger partial charge on any atom is -0.329 e. The third-order valence-corrected chi connectivity index (χ3v) is 4.61. The summed E-state index contributed by atoms with van der Waals surface area (Å²) >= 11 is 0. The minimum atomic E-state index is 0.612. The third kappa shape index (κ3) is 2.96. The van der Waals surface area contributed by atoms with Crippen molar-refractivity contribution in [3.63, 3.8) is 0 Å². The summed E-state index contributed by atoms with van der Waals surface area (Å²) in [4.78, 5) is 9.25. The van der Waals surface area contributed by atoms with Crippen LogP contribution in [-0.4, -0.2) is 54.1 Å². The van der Waals surface area contributed by atoms with E-state index in [4.69, 9.17) is 5.73 Å². The molecule has 1 spiro atoms. The standard InChI is InChI=1S/C15H24N4/c16-5-9-19-12-15(13-19)3-7-18(8-4-15)11-14-2-1-6-17-10-14/h1-2,6,10H,3-5,7-9,11-13,16H2. The Kier molecular flexibility index (Phi) is 3.82. The van der Waals surface area contributed by atoms with Gasteiger partial charge in [0, 0.05) is 45.1 Å². The molecular formula is C15H24N4. The Balaban J connectivity index is 1.46. The van der Waals surface area contributed by atoms with Crippen molar-refractivity contribution in [2.45, 2.75) is 19.4 Å². The number of hydrogen-bond acceptors (Lipinski definition) is 4. The number of rotatable bonds is 4. The molecule has 0 saturated carbocycles. The molecule has 2 aliphatic heterocycles. The summed E-state index contributed by atoms with van der Waals surface area (Å²) in [6.45, 7) is 7.91. The topological polar surface area (TPSA) is 45.4 Å². The van der Waals surface area contributed by atoms with Crippen molar-refractivity contribution in [1.29, 1.82) is 0 Å². The Morgan fingerprint density at radius 1 is 1.21 bits per heavy atom. The lowest BCUT2D eigenvalue weighted by atomic mass is 9.72. The van der Waals surface area contributed by atoms with Crippen LogP contribution in [0.1, 0.15) is 18.4 Å². The van der Waals surface area contributed by atoms with Gasteiger partial charge in [-0.25, -0.2) is 0 Å². The van der Waals surface area contributed by atoms with Crippen molar-refractivity contribution in [3.8, 4) is 0 Å². The van der Waals surface area contributed by atoms with Gasteiger partial charge >= 0.3 is 0 Å². The summed E-state index contributed by atoms with van der Waals surface area (Å²) in [5.74, 6) is 0. The molecule has 3 rings (SSSR count). The number of pyridine rings is 1. The van der Waals surface area contributed by atoms with E-state index in [-0.39, 0.29) is 0 Å². The van der Waals surface area contributed by atoms with E-state index in [1.165, 1.54) is 44.6 Å². The van der Waals surface area contributed by atoms with E-state index in [9.17, 15) is 0 Å². The Hall–Kier alpha value is -0.970. The van der Waals surface area contributed by atoms with E-state index in [2.05, 4.69) is 20.9 Å². The van der Waals surface area contributed by atoms with Crippen molar-refractivity contribution in [2.24, 2.45) is 11.1 Å². The Labute approximate surface area is 115 Å².